The molecular formula is C13H14F4N2O. The Labute approximate surface area is 113 Å². The smallest absolute Gasteiger partial charge is 0.262 e. The van der Waals surface area contributed by atoms with Crippen molar-refractivity contribution in [3.8, 4) is 0 Å². The van der Waals surface area contributed by atoms with Crippen LogP contribution in [0.2, 0.25) is 0 Å². The minimum absolute atomic E-state index is 0.0249. The molecule has 3 nitrogen and oxygen atoms in total. The van der Waals surface area contributed by atoms with Crippen LogP contribution in [0.5, 0.6) is 0 Å². The maximum absolute atomic E-state index is 13.5. The predicted molar refractivity (Wildman–Crippen MR) is 64.3 cm³/mol. The summed E-state index contributed by atoms with van der Waals surface area (Å²) in [5.74, 6) is -5.65. The van der Waals surface area contributed by atoms with Crippen molar-refractivity contribution in [1.82, 2.24) is 10.6 Å². The summed E-state index contributed by atoms with van der Waals surface area (Å²) in [5.41, 5.74) is -0.0249. The highest BCUT2D eigenvalue weighted by atomic mass is 19.3. The number of alkyl halides is 2. The van der Waals surface area contributed by atoms with Gasteiger partial charge in [-0.3, -0.25) is 10.1 Å². The third-order valence-electron chi connectivity index (χ3n) is 3.23. The second kappa shape index (κ2) is 5.40. The molecule has 1 amide bonds. The average Bonchev–Trinajstić information content (AvgIpc) is 2.73. The predicted octanol–water partition coefficient (Wildman–Crippen LogP) is 2.14. The molecule has 2 unspecified atom stereocenters. The minimum Gasteiger partial charge on any atom is -0.348 e. The summed E-state index contributed by atoms with van der Waals surface area (Å²) in [7, 11) is 0. The van der Waals surface area contributed by atoms with E-state index in [1.54, 1.807) is 0 Å². The second-order valence-corrected chi connectivity index (χ2v) is 4.87. The van der Waals surface area contributed by atoms with E-state index in [1.165, 1.54) is 19.1 Å². The number of nitrogens with one attached hydrogen (secondary N) is 2. The zero-order valence-corrected chi connectivity index (χ0v) is 10.7. The first-order valence-corrected chi connectivity index (χ1v) is 6.16. The van der Waals surface area contributed by atoms with Crippen molar-refractivity contribution in [2.75, 3.05) is 6.54 Å². The van der Waals surface area contributed by atoms with Crippen LogP contribution >= 0.6 is 0 Å². The maximum Gasteiger partial charge on any atom is 0.262 e. The summed E-state index contributed by atoms with van der Waals surface area (Å²) in [6.07, 6.45) is -0.600. The first-order chi connectivity index (χ1) is 9.30. The summed E-state index contributed by atoms with van der Waals surface area (Å²) in [4.78, 5) is 11.8. The molecule has 2 N–H and O–H groups in total. The van der Waals surface area contributed by atoms with E-state index in [2.05, 4.69) is 10.6 Å². The van der Waals surface area contributed by atoms with Gasteiger partial charge in [0.25, 0.3) is 5.92 Å². The lowest BCUT2D eigenvalue weighted by atomic mass is 10.1. The SMILES string of the molecule is CC(NC(=O)C1CC(F)(F)CN1)c1cccc(F)c1F. The van der Waals surface area contributed by atoms with Crippen LogP contribution in [-0.2, 0) is 4.79 Å². The molecule has 1 aliphatic rings. The average molecular weight is 290 g/mol. The monoisotopic (exact) mass is 290 g/mol. The van der Waals surface area contributed by atoms with Gasteiger partial charge in [0.2, 0.25) is 5.91 Å². The fourth-order valence-corrected chi connectivity index (χ4v) is 2.15. The van der Waals surface area contributed by atoms with Gasteiger partial charge >= 0.3 is 0 Å². The topological polar surface area (TPSA) is 41.1 Å². The standard InChI is InChI=1S/C13H14F4N2O/c1-7(8-3-2-4-9(14)11(8)15)19-12(20)10-5-13(16,17)6-18-10/h2-4,7,10,18H,5-6H2,1H3,(H,19,20). The van der Waals surface area contributed by atoms with Gasteiger partial charge in [0.05, 0.1) is 18.6 Å². The Bertz CT molecular complexity index is 521. The van der Waals surface area contributed by atoms with E-state index in [0.29, 0.717) is 0 Å². The van der Waals surface area contributed by atoms with Crippen LogP contribution in [-0.4, -0.2) is 24.4 Å². The fraction of sp³-hybridized carbons (Fsp3) is 0.462. The van der Waals surface area contributed by atoms with Crippen LogP contribution in [0, 0.1) is 11.6 Å². The number of hydrogen-bond acceptors (Lipinski definition) is 2. The summed E-state index contributed by atoms with van der Waals surface area (Å²) in [6, 6.07) is 1.78. The zero-order chi connectivity index (χ0) is 14.9. The van der Waals surface area contributed by atoms with Crippen molar-refractivity contribution >= 4 is 5.91 Å². The van der Waals surface area contributed by atoms with Gasteiger partial charge in [-0.2, -0.15) is 0 Å². The molecule has 0 radical (unpaired) electrons. The summed E-state index contributed by atoms with van der Waals surface area (Å²) < 4.78 is 52.6. The molecule has 1 heterocycles. The summed E-state index contributed by atoms with van der Waals surface area (Å²) in [5, 5.41) is 4.80. The molecule has 2 rings (SSSR count). The van der Waals surface area contributed by atoms with Gasteiger partial charge < -0.3 is 5.32 Å². The van der Waals surface area contributed by atoms with Gasteiger partial charge in [0.1, 0.15) is 0 Å². The number of benzene rings is 1. The number of halogens is 4. The fourth-order valence-electron chi connectivity index (χ4n) is 2.15. The molecule has 0 aromatic heterocycles. The van der Waals surface area contributed by atoms with E-state index in [1.807, 2.05) is 0 Å². The maximum atomic E-state index is 13.5. The molecule has 0 aliphatic carbocycles. The highest BCUT2D eigenvalue weighted by Crippen LogP contribution is 2.26. The molecule has 1 aromatic carbocycles. The van der Waals surface area contributed by atoms with Crippen molar-refractivity contribution in [2.24, 2.45) is 0 Å². The van der Waals surface area contributed by atoms with E-state index in [9.17, 15) is 22.4 Å². The molecular weight excluding hydrogens is 276 g/mol. The number of rotatable bonds is 3. The summed E-state index contributed by atoms with van der Waals surface area (Å²) >= 11 is 0. The first-order valence-electron chi connectivity index (χ1n) is 6.16. The second-order valence-electron chi connectivity index (χ2n) is 4.87. The van der Waals surface area contributed by atoms with Crippen LogP contribution in [0.15, 0.2) is 18.2 Å². The summed E-state index contributed by atoms with van der Waals surface area (Å²) in [6.45, 7) is 0.899. The van der Waals surface area contributed by atoms with Crippen LogP contribution < -0.4 is 10.6 Å². The lowest BCUT2D eigenvalue weighted by molar-refractivity contribution is -0.124. The number of carbonyl (C=O) groups excluding carboxylic acids is 1. The largest absolute Gasteiger partial charge is 0.348 e. The van der Waals surface area contributed by atoms with Crippen molar-refractivity contribution in [3.63, 3.8) is 0 Å². The molecule has 1 fully saturated rings. The molecule has 0 bridgehead atoms. The van der Waals surface area contributed by atoms with Crippen molar-refractivity contribution in [1.29, 1.82) is 0 Å². The third-order valence-corrected chi connectivity index (χ3v) is 3.23. The van der Waals surface area contributed by atoms with Crippen molar-refractivity contribution < 1.29 is 22.4 Å². The molecule has 1 aliphatic heterocycles. The van der Waals surface area contributed by atoms with Gasteiger partial charge in [-0.1, -0.05) is 12.1 Å². The lowest BCUT2D eigenvalue weighted by Gasteiger charge is -2.18. The Morgan fingerprint density at radius 2 is 2.15 bits per heavy atom. The van der Waals surface area contributed by atoms with Crippen molar-refractivity contribution in [3.05, 3.63) is 35.4 Å². The Morgan fingerprint density at radius 3 is 2.75 bits per heavy atom. The normalized spacial score (nSPS) is 22.6. The van der Waals surface area contributed by atoms with E-state index < -0.39 is 48.5 Å². The Morgan fingerprint density at radius 1 is 1.45 bits per heavy atom. The van der Waals surface area contributed by atoms with E-state index in [0.717, 1.165) is 6.07 Å². The van der Waals surface area contributed by atoms with E-state index in [4.69, 9.17) is 0 Å². The van der Waals surface area contributed by atoms with Gasteiger partial charge in [-0.05, 0) is 13.0 Å². The molecule has 110 valence electrons. The molecule has 7 heteroatoms. The Hall–Kier alpha value is -1.63. The van der Waals surface area contributed by atoms with Gasteiger partial charge in [0.15, 0.2) is 11.6 Å². The highest BCUT2D eigenvalue weighted by molar-refractivity contribution is 5.82. The molecule has 1 aromatic rings. The van der Waals surface area contributed by atoms with Crippen molar-refractivity contribution in [2.45, 2.75) is 31.4 Å². The Balaban J connectivity index is 2.03. The zero-order valence-electron chi connectivity index (χ0n) is 10.7. The molecule has 2 atom stereocenters. The van der Waals surface area contributed by atoms with Crippen LogP contribution in [0.1, 0.15) is 24.9 Å². The Kier molecular flexibility index (Phi) is 3.99. The minimum atomic E-state index is -2.92. The molecule has 20 heavy (non-hydrogen) atoms. The van der Waals surface area contributed by atoms with E-state index in [-0.39, 0.29) is 5.56 Å². The van der Waals surface area contributed by atoms with Gasteiger partial charge in [-0.25, -0.2) is 17.6 Å². The van der Waals surface area contributed by atoms with Gasteiger partial charge in [0, 0.05) is 12.0 Å². The highest BCUT2D eigenvalue weighted by Gasteiger charge is 2.42. The van der Waals surface area contributed by atoms with Crippen LogP contribution in [0.3, 0.4) is 0 Å². The van der Waals surface area contributed by atoms with E-state index >= 15 is 0 Å². The van der Waals surface area contributed by atoms with Crippen LogP contribution in [0.4, 0.5) is 17.6 Å². The molecule has 1 saturated heterocycles. The van der Waals surface area contributed by atoms with Crippen LogP contribution in [0.25, 0.3) is 0 Å². The molecule has 0 spiro atoms. The number of carbonyl (C=O) groups is 1. The molecule has 0 saturated carbocycles. The quantitative estimate of drug-likeness (QED) is 0.837. The number of hydrogen-bond donors (Lipinski definition) is 2. The number of amides is 1. The first kappa shape index (κ1) is 14.8. The third kappa shape index (κ3) is 3.09. The van der Waals surface area contributed by atoms with Gasteiger partial charge in [-0.15, -0.1) is 0 Å². The lowest BCUT2D eigenvalue weighted by Crippen LogP contribution is -2.41.